The smallest absolute Gasteiger partial charge is 0.187 e. The molecule has 0 fully saturated rings. The number of hydrogen-bond acceptors (Lipinski definition) is 4. The molecule has 2 N–H and O–H groups in total. The highest BCUT2D eigenvalue weighted by molar-refractivity contribution is 9.10. The van der Waals surface area contributed by atoms with Gasteiger partial charge in [-0.1, -0.05) is 12.1 Å². The maximum Gasteiger partial charge on any atom is 0.187 e. The predicted molar refractivity (Wildman–Crippen MR) is 86.2 cm³/mol. The lowest BCUT2D eigenvalue weighted by atomic mass is 10.1. The molecule has 0 saturated heterocycles. The maximum absolute atomic E-state index is 5.89. The largest absolute Gasteiger partial charge is 0.399 e. The molecule has 1 aromatic heterocycles. The van der Waals surface area contributed by atoms with Gasteiger partial charge in [0.2, 0.25) is 0 Å². The summed E-state index contributed by atoms with van der Waals surface area (Å²) >= 11 is 3.55. The molecule has 106 valence electrons. The molecule has 0 unspecified atom stereocenters. The van der Waals surface area contributed by atoms with Crippen molar-refractivity contribution < 1.29 is 0 Å². The van der Waals surface area contributed by atoms with E-state index in [1.165, 1.54) is 0 Å². The Balaban J connectivity index is 2.22. The molecule has 0 spiro atoms. The average Bonchev–Trinajstić information content (AvgIpc) is 2.93. The molecule has 3 aromatic rings. The normalized spacial score (nSPS) is 10.8. The summed E-state index contributed by atoms with van der Waals surface area (Å²) in [4.78, 5) is 0. The van der Waals surface area contributed by atoms with Crippen LogP contribution in [0.15, 0.2) is 40.9 Å². The van der Waals surface area contributed by atoms with Crippen LogP contribution in [0.4, 0.5) is 5.69 Å². The van der Waals surface area contributed by atoms with Crippen molar-refractivity contribution in [3.63, 3.8) is 0 Å². The molecule has 0 amide bonds. The van der Waals surface area contributed by atoms with Gasteiger partial charge >= 0.3 is 0 Å². The first kappa shape index (κ1) is 13.8. The summed E-state index contributed by atoms with van der Waals surface area (Å²) in [6, 6.07) is 11.8. The van der Waals surface area contributed by atoms with Gasteiger partial charge in [-0.2, -0.15) is 4.68 Å². The zero-order chi connectivity index (χ0) is 15.0. The summed E-state index contributed by atoms with van der Waals surface area (Å²) in [5.74, 6) is 0.672. The number of rotatable bonds is 2. The zero-order valence-electron chi connectivity index (χ0n) is 11.7. The minimum absolute atomic E-state index is 0.672. The quantitative estimate of drug-likeness (QED) is 0.725. The Morgan fingerprint density at radius 1 is 1.10 bits per heavy atom. The van der Waals surface area contributed by atoms with Gasteiger partial charge < -0.3 is 5.73 Å². The van der Waals surface area contributed by atoms with Crippen LogP contribution in [0.1, 0.15) is 11.1 Å². The predicted octanol–water partition coefficient (Wildman–Crippen LogP) is 3.29. The average molecular weight is 344 g/mol. The van der Waals surface area contributed by atoms with Gasteiger partial charge in [0, 0.05) is 15.7 Å². The van der Waals surface area contributed by atoms with Crippen LogP contribution in [0, 0.1) is 13.8 Å². The van der Waals surface area contributed by atoms with Crippen molar-refractivity contribution in [2.24, 2.45) is 0 Å². The van der Waals surface area contributed by atoms with E-state index < -0.39 is 0 Å². The summed E-state index contributed by atoms with van der Waals surface area (Å²) < 4.78 is 2.65. The Labute approximate surface area is 130 Å². The molecule has 0 aliphatic heterocycles. The molecule has 0 aliphatic carbocycles. The van der Waals surface area contributed by atoms with Crippen molar-refractivity contribution in [2.45, 2.75) is 13.8 Å². The van der Waals surface area contributed by atoms with E-state index in [1.54, 1.807) is 4.68 Å². The van der Waals surface area contributed by atoms with Gasteiger partial charge in [-0.15, -0.1) is 5.10 Å². The zero-order valence-corrected chi connectivity index (χ0v) is 13.3. The van der Waals surface area contributed by atoms with E-state index in [9.17, 15) is 0 Å². The van der Waals surface area contributed by atoms with E-state index in [4.69, 9.17) is 5.73 Å². The van der Waals surface area contributed by atoms with E-state index in [-0.39, 0.29) is 0 Å². The van der Waals surface area contributed by atoms with Crippen molar-refractivity contribution in [3.8, 4) is 17.1 Å². The van der Waals surface area contributed by atoms with Gasteiger partial charge in [-0.05, 0) is 75.6 Å². The van der Waals surface area contributed by atoms with Crippen molar-refractivity contribution in [1.29, 1.82) is 0 Å². The van der Waals surface area contributed by atoms with Gasteiger partial charge in [-0.3, -0.25) is 0 Å². The van der Waals surface area contributed by atoms with Crippen LogP contribution in [-0.4, -0.2) is 20.2 Å². The monoisotopic (exact) mass is 343 g/mol. The summed E-state index contributed by atoms with van der Waals surface area (Å²) in [5, 5.41) is 12.1. The van der Waals surface area contributed by atoms with Crippen LogP contribution in [0.2, 0.25) is 0 Å². The van der Waals surface area contributed by atoms with Gasteiger partial charge in [-0.25, -0.2) is 0 Å². The molecule has 2 aromatic carbocycles. The molecule has 0 atom stereocenters. The topological polar surface area (TPSA) is 69.6 Å². The minimum Gasteiger partial charge on any atom is -0.399 e. The summed E-state index contributed by atoms with van der Waals surface area (Å²) in [6.07, 6.45) is 0. The fraction of sp³-hybridized carbons (Fsp3) is 0.133. The lowest BCUT2D eigenvalue weighted by Crippen LogP contribution is -2.02. The second-order valence-electron chi connectivity index (χ2n) is 4.94. The molecule has 21 heavy (non-hydrogen) atoms. The molecule has 3 rings (SSSR count). The van der Waals surface area contributed by atoms with Crippen molar-refractivity contribution in [3.05, 3.63) is 52.0 Å². The second kappa shape index (κ2) is 5.29. The molecule has 0 radical (unpaired) electrons. The number of anilines is 1. The van der Waals surface area contributed by atoms with Crippen molar-refractivity contribution >= 4 is 21.6 Å². The van der Waals surface area contributed by atoms with Crippen LogP contribution in [-0.2, 0) is 0 Å². The van der Waals surface area contributed by atoms with Gasteiger partial charge in [0.1, 0.15) is 0 Å². The maximum atomic E-state index is 5.89. The number of benzene rings is 2. The fourth-order valence-corrected chi connectivity index (χ4v) is 2.60. The van der Waals surface area contributed by atoms with E-state index in [1.807, 2.05) is 50.2 Å². The van der Waals surface area contributed by atoms with Crippen LogP contribution in [0.3, 0.4) is 0 Å². The van der Waals surface area contributed by atoms with Crippen LogP contribution >= 0.6 is 15.9 Å². The second-order valence-corrected chi connectivity index (χ2v) is 5.80. The Bertz CT molecular complexity index is 744. The first-order valence-corrected chi connectivity index (χ1v) is 7.27. The van der Waals surface area contributed by atoms with E-state index in [0.29, 0.717) is 11.5 Å². The first-order chi connectivity index (χ1) is 10.1. The molecule has 0 aliphatic rings. The first-order valence-electron chi connectivity index (χ1n) is 6.47. The Hall–Kier alpha value is -2.21. The van der Waals surface area contributed by atoms with Crippen LogP contribution < -0.4 is 5.73 Å². The molecule has 0 bridgehead atoms. The molecule has 0 saturated carbocycles. The number of nitrogen functional groups attached to an aromatic ring is 1. The number of hydrogen-bond donors (Lipinski definition) is 1. The molecular formula is C15H14BrN5. The number of nitrogens with two attached hydrogens (primary N) is 1. The molecule has 6 heteroatoms. The molecule has 5 nitrogen and oxygen atoms in total. The lowest BCUT2D eigenvalue weighted by Gasteiger charge is -2.10. The van der Waals surface area contributed by atoms with Crippen molar-refractivity contribution in [1.82, 2.24) is 20.2 Å². The standard InChI is InChI=1S/C15H14BrN5/c1-9-3-6-13(16)14(7-9)21-15(18-19-20-21)12-8-11(17)5-4-10(12)2/h3-8H,17H2,1-2H3. The highest BCUT2D eigenvalue weighted by atomic mass is 79.9. The summed E-state index contributed by atoms with van der Waals surface area (Å²) in [7, 11) is 0. The Morgan fingerprint density at radius 3 is 2.71 bits per heavy atom. The Kier molecular flexibility index (Phi) is 3.47. The van der Waals surface area contributed by atoms with Crippen molar-refractivity contribution in [2.75, 3.05) is 5.73 Å². The molecular weight excluding hydrogens is 330 g/mol. The minimum atomic E-state index is 0.672. The summed E-state index contributed by atoms with van der Waals surface area (Å²) in [5.41, 5.74) is 10.6. The summed E-state index contributed by atoms with van der Waals surface area (Å²) in [6.45, 7) is 4.05. The third-order valence-electron chi connectivity index (χ3n) is 3.30. The fourth-order valence-electron chi connectivity index (χ4n) is 2.18. The van der Waals surface area contributed by atoms with Crippen LogP contribution in [0.25, 0.3) is 17.1 Å². The third-order valence-corrected chi connectivity index (χ3v) is 3.97. The number of aromatic nitrogens is 4. The SMILES string of the molecule is Cc1ccc(Br)c(-n2nnnc2-c2cc(N)ccc2C)c1. The number of aryl methyl sites for hydroxylation is 2. The highest BCUT2D eigenvalue weighted by Gasteiger charge is 2.15. The molecule has 1 heterocycles. The van der Waals surface area contributed by atoms with Gasteiger partial charge in [0.05, 0.1) is 5.69 Å². The number of tetrazole rings is 1. The Morgan fingerprint density at radius 2 is 1.90 bits per heavy atom. The van der Waals surface area contributed by atoms with Crippen LogP contribution in [0.5, 0.6) is 0 Å². The highest BCUT2D eigenvalue weighted by Crippen LogP contribution is 2.28. The van der Waals surface area contributed by atoms with E-state index in [2.05, 4.69) is 31.5 Å². The lowest BCUT2D eigenvalue weighted by molar-refractivity contribution is 0.788. The van der Waals surface area contributed by atoms with E-state index in [0.717, 1.165) is 26.9 Å². The van der Waals surface area contributed by atoms with Gasteiger partial charge in [0.15, 0.2) is 5.82 Å². The van der Waals surface area contributed by atoms with E-state index >= 15 is 0 Å². The third kappa shape index (κ3) is 2.54. The van der Waals surface area contributed by atoms with Gasteiger partial charge in [0.25, 0.3) is 0 Å². The number of halogens is 1. The number of nitrogens with zero attached hydrogens (tertiary/aromatic N) is 4.